The van der Waals surface area contributed by atoms with Crippen molar-refractivity contribution in [2.75, 3.05) is 0 Å². The molecule has 7 heavy (non-hydrogen) atoms. The molecule has 0 unspecified atom stereocenters. The molecule has 0 aliphatic heterocycles. The first-order valence-electron chi connectivity index (χ1n) is 0.548. The normalized spacial score (nSPS) is 3.43. The van der Waals surface area contributed by atoms with Gasteiger partial charge in [0, 0.05) is 0 Å². The molecule has 7 heteroatoms. The minimum Gasteiger partial charge on any atom is -1.00 e. The second kappa shape index (κ2) is 15.9. The zero-order valence-corrected chi connectivity index (χ0v) is 7.17. The Morgan fingerprint density at radius 3 is 1.29 bits per heavy atom. The Labute approximate surface area is 81.6 Å². The van der Waals surface area contributed by atoms with Crippen LogP contribution in [-0.2, 0) is 0 Å². The Morgan fingerprint density at radius 2 is 1.29 bits per heavy atom. The van der Waals surface area contributed by atoms with Crippen molar-refractivity contribution in [2.45, 2.75) is 0 Å². The third-order valence-electron chi connectivity index (χ3n) is 0. The molecule has 4 N–H and O–H groups in total. The van der Waals surface area contributed by atoms with Crippen LogP contribution in [0.4, 0.5) is 0 Å². The molecular formula is H4FKN2O3. The van der Waals surface area contributed by atoms with E-state index in [0.717, 1.165) is 0 Å². The molecule has 0 atom stereocenters. The van der Waals surface area contributed by atoms with Crippen LogP contribution in [0.25, 0.3) is 0 Å². The molecule has 0 amide bonds. The molecule has 0 aliphatic rings. The monoisotopic (exact) mass is 138 g/mol. The summed E-state index contributed by atoms with van der Waals surface area (Å²) in [6, 6.07) is 0. The minimum atomic E-state index is -1.75. The van der Waals surface area contributed by atoms with Gasteiger partial charge >= 0.3 is 51.4 Å². The molecule has 0 aromatic rings. The number of hydrogen-bond donors (Lipinski definition) is 1. The van der Waals surface area contributed by atoms with Crippen molar-refractivity contribution in [3.8, 4) is 0 Å². The summed E-state index contributed by atoms with van der Waals surface area (Å²) < 4.78 is 0. The van der Waals surface area contributed by atoms with Gasteiger partial charge in [-0.15, -0.1) is 0 Å². The Balaban J connectivity index is -0.0000000150. The topological polar surface area (TPSA) is 103 Å². The standard InChI is InChI=1S/FH.K.NO3.H3N/c;;2-1(3)4;/h1H;;;1H3/q;+1;-1;. The predicted molar refractivity (Wildman–Crippen MR) is 16.3 cm³/mol. The van der Waals surface area contributed by atoms with E-state index in [1.54, 1.807) is 0 Å². The molecule has 5 nitrogen and oxygen atoms in total. The van der Waals surface area contributed by atoms with Crippen molar-refractivity contribution >= 4 is 0 Å². The molecule has 0 fully saturated rings. The average Bonchev–Trinajstić information content (AvgIpc) is 0.811. The quantitative estimate of drug-likeness (QED) is 0.205. The van der Waals surface area contributed by atoms with Crippen LogP contribution in [0.1, 0.15) is 0 Å². The smallest absolute Gasteiger partial charge is 1.00 e. The van der Waals surface area contributed by atoms with E-state index in [9.17, 15) is 0 Å². The van der Waals surface area contributed by atoms with Gasteiger partial charge in [0.05, 0.1) is 5.09 Å². The molecule has 0 rings (SSSR count). The van der Waals surface area contributed by atoms with Gasteiger partial charge < -0.3 is 26.2 Å². The van der Waals surface area contributed by atoms with E-state index in [1.807, 2.05) is 0 Å². The molecule has 0 spiro atoms. The van der Waals surface area contributed by atoms with Crippen molar-refractivity contribution < 1.29 is 61.2 Å². The average molecular weight is 138 g/mol. The largest absolute Gasteiger partial charge is 1.00 e. The van der Waals surface area contributed by atoms with Crippen LogP contribution in [-0.4, -0.2) is 5.09 Å². The minimum absolute atomic E-state index is 0. The van der Waals surface area contributed by atoms with Crippen molar-refractivity contribution in [1.82, 2.24) is 6.15 Å². The van der Waals surface area contributed by atoms with Gasteiger partial charge in [0.1, 0.15) is 0 Å². The van der Waals surface area contributed by atoms with Gasteiger partial charge in [-0.05, 0) is 0 Å². The summed E-state index contributed by atoms with van der Waals surface area (Å²) in [5, 5.41) is 14.8. The van der Waals surface area contributed by atoms with E-state index >= 15 is 0 Å². The van der Waals surface area contributed by atoms with Crippen LogP contribution >= 0.6 is 0 Å². The van der Waals surface area contributed by atoms with Crippen LogP contribution in [0, 0.1) is 15.3 Å². The van der Waals surface area contributed by atoms with E-state index < -0.39 is 5.09 Å². The van der Waals surface area contributed by atoms with Gasteiger partial charge in [0.15, 0.2) is 0 Å². The van der Waals surface area contributed by atoms with Crippen molar-refractivity contribution in [3.05, 3.63) is 15.3 Å². The third kappa shape index (κ3) is 285. The van der Waals surface area contributed by atoms with E-state index in [4.69, 9.17) is 15.3 Å². The zero-order chi connectivity index (χ0) is 3.58. The second-order valence-electron chi connectivity index (χ2n) is 0.224. The number of quaternary nitrogens is 1. The number of nitrogens with zero attached hydrogens (tertiary/aromatic N) is 1. The molecular weight excluding hydrogens is 134 g/mol. The maximum absolute atomic E-state index is 8.25. The van der Waals surface area contributed by atoms with Gasteiger partial charge in [0.25, 0.3) is 0 Å². The first-order valence-corrected chi connectivity index (χ1v) is 0.548. The number of hydrogen-bond acceptors (Lipinski definition) is 3. The van der Waals surface area contributed by atoms with Gasteiger partial charge in [-0.1, -0.05) is 0 Å². The summed E-state index contributed by atoms with van der Waals surface area (Å²) in [7, 11) is 0. The maximum Gasteiger partial charge on any atom is 1.00 e. The fourth-order valence-electron chi connectivity index (χ4n) is 0. The van der Waals surface area contributed by atoms with Gasteiger partial charge in [-0.25, -0.2) is 0 Å². The first kappa shape index (κ1) is 25.2. The van der Waals surface area contributed by atoms with E-state index in [0.29, 0.717) is 0 Å². The van der Waals surface area contributed by atoms with Gasteiger partial charge in [-0.3, -0.25) is 0 Å². The van der Waals surface area contributed by atoms with Crippen LogP contribution in [0.3, 0.4) is 0 Å². The molecule has 0 aromatic carbocycles. The van der Waals surface area contributed by atoms with E-state index in [2.05, 4.69) is 0 Å². The number of rotatable bonds is 0. The maximum atomic E-state index is 8.25. The molecule has 0 radical (unpaired) electrons. The second-order valence-corrected chi connectivity index (χ2v) is 0.224. The fourth-order valence-corrected chi connectivity index (χ4v) is 0. The fraction of sp³-hybridized carbons (Fsp3) is 0. The summed E-state index contributed by atoms with van der Waals surface area (Å²) in [5.41, 5.74) is 0. The van der Waals surface area contributed by atoms with Crippen molar-refractivity contribution in [1.29, 1.82) is 0 Å². The SMILES string of the molecule is O=[N+]([O-])[O-].[F-].[K+].[NH4+]. The number of halogens is 1. The van der Waals surface area contributed by atoms with Crippen LogP contribution < -0.4 is 62.2 Å². The molecule has 0 bridgehead atoms. The summed E-state index contributed by atoms with van der Waals surface area (Å²) in [6.45, 7) is 0. The summed E-state index contributed by atoms with van der Waals surface area (Å²) >= 11 is 0. The Bertz CT molecular complexity index is 35.9. The molecule has 0 heterocycles. The van der Waals surface area contributed by atoms with E-state index in [1.165, 1.54) is 0 Å². The summed E-state index contributed by atoms with van der Waals surface area (Å²) in [6.07, 6.45) is 0. The Morgan fingerprint density at radius 1 is 1.29 bits per heavy atom. The van der Waals surface area contributed by atoms with Gasteiger partial charge in [-0.2, -0.15) is 0 Å². The summed E-state index contributed by atoms with van der Waals surface area (Å²) in [4.78, 5) is 8.25. The van der Waals surface area contributed by atoms with E-state index in [-0.39, 0.29) is 62.2 Å². The van der Waals surface area contributed by atoms with Crippen LogP contribution in [0.15, 0.2) is 0 Å². The molecule has 40 valence electrons. The summed E-state index contributed by atoms with van der Waals surface area (Å²) in [5.74, 6) is 0. The molecule has 0 aromatic heterocycles. The molecule has 0 aliphatic carbocycles. The Kier molecular flexibility index (Phi) is 57.1. The Hall–Kier alpha value is 0.726. The van der Waals surface area contributed by atoms with Gasteiger partial charge in [0.2, 0.25) is 0 Å². The van der Waals surface area contributed by atoms with Crippen LogP contribution in [0.5, 0.6) is 0 Å². The first-order chi connectivity index (χ1) is 1.73. The zero-order valence-electron chi connectivity index (χ0n) is 4.05. The van der Waals surface area contributed by atoms with Crippen LogP contribution in [0.2, 0.25) is 0 Å². The molecule has 0 saturated carbocycles. The predicted octanol–water partition coefficient (Wildman–Crippen LogP) is -5.85. The van der Waals surface area contributed by atoms with Crippen molar-refractivity contribution in [3.63, 3.8) is 0 Å². The van der Waals surface area contributed by atoms with Crippen molar-refractivity contribution in [2.24, 2.45) is 0 Å². The third-order valence-corrected chi connectivity index (χ3v) is 0. The molecule has 0 saturated heterocycles.